The monoisotopic (exact) mass is 148 g/mol. The van der Waals surface area contributed by atoms with E-state index in [1.54, 1.807) is 4.90 Å². The van der Waals surface area contributed by atoms with E-state index in [4.69, 9.17) is 15.4 Å². The van der Waals surface area contributed by atoms with E-state index in [9.17, 15) is 0 Å². The van der Waals surface area contributed by atoms with E-state index < -0.39 is 6.23 Å². The zero-order chi connectivity index (χ0) is 7.56. The van der Waals surface area contributed by atoms with Crippen molar-refractivity contribution in [1.29, 1.82) is 0 Å². The third kappa shape index (κ3) is 1.65. The predicted molar refractivity (Wildman–Crippen MR) is 33.2 cm³/mol. The highest BCUT2D eigenvalue weighted by molar-refractivity contribution is 4.67. The molecule has 1 atom stereocenters. The molecule has 3 N–H and O–H groups in total. The molecule has 0 aromatic rings. The summed E-state index contributed by atoms with van der Waals surface area (Å²) in [5.74, 6) is 0. The Bertz CT molecular complexity index is 111. The lowest BCUT2D eigenvalue weighted by molar-refractivity contribution is -0.226. The van der Waals surface area contributed by atoms with Gasteiger partial charge in [-0.25, -0.2) is 0 Å². The molecule has 1 rings (SSSR count). The normalized spacial score (nSPS) is 30.9. The van der Waals surface area contributed by atoms with Gasteiger partial charge in [-0.1, -0.05) is 0 Å². The molecule has 0 bridgehead atoms. The molecule has 10 heavy (non-hydrogen) atoms. The van der Waals surface area contributed by atoms with Gasteiger partial charge in [0.05, 0.1) is 6.73 Å². The Kier molecular flexibility index (Phi) is 2.58. The van der Waals surface area contributed by atoms with E-state index in [1.165, 1.54) is 0 Å². The van der Waals surface area contributed by atoms with E-state index in [0.717, 1.165) is 5.06 Å². The van der Waals surface area contributed by atoms with Gasteiger partial charge >= 0.3 is 0 Å². The summed E-state index contributed by atoms with van der Waals surface area (Å²) in [7, 11) is 0. The minimum atomic E-state index is -0.860. The summed E-state index contributed by atoms with van der Waals surface area (Å²) in [5, 5.41) is 27.3. The molecule has 0 saturated carbocycles. The summed E-state index contributed by atoms with van der Waals surface area (Å²) in [6, 6.07) is 0. The summed E-state index contributed by atoms with van der Waals surface area (Å²) in [6.45, 7) is 1.20. The lowest BCUT2D eigenvalue weighted by Crippen LogP contribution is -2.51. The van der Waals surface area contributed by atoms with Gasteiger partial charge in [-0.3, -0.25) is 4.90 Å². The summed E-state index contributed by atoms with van der Waals surface area (Å²) in [4.78, 5) is 1.65. The van der Waals surface area contributed by atoms with Crippen LogP contribution in [-0.4, -0.2) is 58.0 Å². The predicted octanol–water partition coefficient (Wildman–Crippen LogP) is -1.74. The first-order chi connectivity index (χ1) is 4.74. The van der Waals surface area contributed by atoms with Gasteiger partial charge in [0, 0.05) is 19.6 Å². The first-order valence-corrected chi connectivity index (χ1v) is 3.21. The van der Waals surface area contributed by atoms with Gasteiger partial charge < -0.3 is 15.4 Å². The third-order valence-corrected chi connectivity index (χ3v) is 1.61. The van der Waals surface area contributed by atoms with Crippen molar-refractivity contribution in [3.05, 3.63) is 0 Å². The number of nitrogens with zero attached hydrogens (tertiary/aromatic N) is 2. The number of hydrogen-bond donors (Lipinski definition) is 3. The molecule has 1 aliphatic heterocycles. The van der Waals surface area contributed by atoms with Crippen molar-refractivity contribution in [3.8, 4) is 0 Å². The smallest absolute Gasteiger partial charge is 0.142 e. The average molecular weight is 148 g/mol. The van der Waals surface area contributed by atoms with Gasteiger partial charge in [-0.2, -0.15) is 5.06 Å². The van der Waals surface area contributed by atoms with E-state index >= 15 is 0 Å². The Morgan fingerprint density at radius 1 is 1.40 bits per heavy atom. The van der Waals surface area contributed by atoms with Crippen molar-refractivity contribution in [1.82, 2.24) is 9.96 Å². The molecule has 1 aliphatic rings. The molecule has 0 amide bonds. The molecule has 1 unspecified atom stereocenters. The number of aliphatic hydroxyl groups excluding tert-OH is 2. The molecular weight excluding hydrogens is 136 g/mol. The summed E-state index contributed by atoms with van der Waals surface area (Å²) in [6.07, 6.45) is -0.860. The van der Waals surface area contributed by atoms with Crippen LogP contribution in [0.25, 0.3) is 0 Å². The van der Waals surface area contributed by atoms with Gasteiger partial charge in [0.15, 0.2) is 0 Å². The molecule has 0 aromatic heterocycles. The highest BCUT2D eigenvalue weighted by Crippen LogP contribution is 2.02. The maximum Gasteiger partial charge on any atom is 0.142 e. The number of β-amino-alcohol motifs (C(OH)–C–C–N with tert-alkyl or cyclic N) is 1. The van der Waals surface area contributed by atoms with Crippen LogP contribution in [0.3, 0.4) is 0 Å². The third-order valence-electron chi connectivity index (χ3n) is 1.61. The van der Waals surface area contributed by atoms with Gasteiger partial charge in [0.1, 0.15) is 6.23 Å². The van der Waals surface area contributed by atoms with Crippen LogP contribution in [0.15, 0.2) is 0 Å². The fourth-order valence-electron chi connectivity index (χ4n) is 0.938. The number of piperazine rings is 1. The molecule has 60 valence electrons. The van der Waals surface area contributed by atoms with Crippen molar-refractivity contribution in [3.63, 3.8) is 0 Å². The van der Waals surface area contributed by atoms with E-state index in [2.05, 4.69) is 0 Å². The van der Waals surface area contributed by atoms with Crippen LogP contribution in [0.5, 0.6) is 0 Å². The zero-order valence-corrected chi connectivity index (χ0v) is 5.64. The van der Waals surface area contributed by atoms with Crippen LogP contribution in [0.1, 0.15) is 0 Å². The SMILES string of the molecule is OCN1CCN(O)C(O)C1. The van der Waals surface area contributed by atoms with Crippen LogP contribution in [0.2, 0.25) is 0 Å². The average Bonchev–Trinajstić information content (AvgIpc) is 1.95. The first-order valence-electron chi connectivity index (χ1n) is 3.21. The van der Waals surface area contributed by atoms with Gasteiger partial charge in [0.25, 0.3) is 0 Å². The standard InChI is InChI=1S/C5H12N2O3/c8-4-6-1-2-7(10)5(9)3-6/h5,8-10H,1-4H2. The molecule has 0 aromatic carbocycles. The Labute approximate surface area is 59.0 Å². The summed E-state index contributed by atoms with van der Waals surface area (Å²) >= 11 is 0. The quantitative estimate of drug-likeness (QED) is 0.412. The van der Waals surface area contributed by atoms with Crippen LogP contribution in [0.4, 0.5) is 0 Å². The second-order valence-corrected chi connectivity index (χ2v) is 2.36. The summed E-state index contributed by atoms with van der Waals surface area (Å²) in [5.41, 5.74) is 0. The molecule has 5 nitrogen and oxygen atoms in total. The van der Waals surface area contributed by atoms with Gasteiger partial charge in [-0.15, -0.1) is 0 Å². The Balaban J connectivity index is 2.33. The Morgan fingerprint density at radius 2 is 2.10 bits per heavy atom. The van der Waals surface area contributed by atoms with Crippen LogP contribution in [0, 0.1) is 0 Å². The number of rotatable bonds is 1. The van der Waals surface area contributed by atoms with Gasteiger partial charge in [0.2, 0.25) is 0 Å². The first kappa shape index (κ1) is 7.90. The molecular formula is C5H12N2O3. The second kappa shape index (κ2) is 3.27. The van der Waals surface area contributed by atoms with Crippen LogP contribution in [-0.2, 0) is 0 Å². The molecule has 0 spiro atoms. The van der Waals surface area contributed by atoms with E-state index in [0.29, 0.717) is 19.6 Å². The van der Waals surface area contributed by atoms with Gasteiger partial charge in [-0.05, 0) is 0 Å². The topological polar surface area (TPSA) is 67.2 Å². The van der Waals surface area contributed by atoms with E-state index in [1.807, 2.05) is 0 Å². The lowest BCUT2D eigenvalue weighted by Gasteiger charge is -2.33. The zero-order valence-electron chi connectivity index (χ0n) is 5.64. The van der Waals surface area contributed by atoms with E-state index in [-0.39, 0.29) is 6.73 Å². The minimum absolute atomic E-state index is 0.0646. The summed E-state index contributed by atoms with van der Waals surface area (Å²) < 4.78 is 0. The maximum absolute atomic E-state index is 9.00. The van der Waals surface area contributed by atoms with Crippen molar-refractivity contribution in [2.45, 2.75) is 6.23 Å². The fourth-order valence-corrected chi connectivity index (χ4v) is 0.938. The second-order valence-electron chi connectivity index (χ2n) is 2.36. The molecule has 1 saturated heterocycles. The molecule has 0 aliphatic carbocycles. The number of hydroxylamine groups is 2. The Hall–Kier alpha value is -0.200. The van der Waals surface area contributed by atoms with Crippen LogP contribution < -0.4 is 0 Å². The van der Waals surface area contributed by atoms with Crippen molar-refractivity contribution in [2.75, 3.05) is 26.4 Å². The highest BCUT2D eigenvalue weighted by Gasteiger charge is 2.22. The molecule has 1 heterocycles. The van der Waals surface area contributed by atoms with Crippen molar-refractivity contribution in [2.24, 2.45) is 0 Å². The number of hydrogen-bond acceptors (Lipinski definition) is 5. The largest absolute Gasteiger partial charge is 0.381 e. The van der Waals surface area contributed by atoms with Crippen molar-refractivity contribution >= 4 is 0 Å². The molecule has 5 heteroatoms. The van der Waals surface area contributed by atoms with Crippen LogP contribution >= 0.6 is 0 Å². The molecule has 0 radical (unpaired) electrons. The Morgan fingerprint density at radius 3 is 2.60 bits per heavy atom. The fraction of sp³-hybridized carbons (Fsp3) is 1.00. The number of aliphatic hydroxyl groups is 2. The minimum Gasteiger partial charge on any atom is -0.381 e. The highest BCUT2D eigenvalue weighted by atomic mass is 16.5. The van der Waals surface area contributed by atoms with Crippen molar-refractivity contribution < 1.29 is 15.4 Å². The lowest BCUT2D eigenvalue weighted by atomic mass is 10.3. The maximum atomic E-state index is 9.00. The molecule has 1 fully saturated rings.